The molecule has 1 atom stereocenters. The molecule has 1 fully saturated rings. The van der Waals surface area contributed by atoms with Crippen molar-refractivity contribution < 1.29 is 9.59 Å². The zero-order chi connectivity index (χ0) is 10.6. The van der Waals surface area contributed by atoms with Crippen LogP contribution in [-0.4, -0.2) is 42.5 Å². The molecule has 1 aliphatic heterocycles. The van der Waals surface area contributed by atoms with Crippen molar-refractivity contribution in [2.24, 2.45) is 0 Å². The van der Waals surface area contributed by atoms with Crippen molar-refractivity contribution in [3.05, 3.63) is 0 Å². The van der Waals surface area contributed by atoms with Crippen molar-refractivity contribution in [3.63, 3.8) is 0 Å². The molecular weight excluding hydrogens is 182 g/mol. The van der Waals surface area contributed by atoms with E-state index >= 15 is 0 Å². The summed E-state index contributed by atoms with van der Waals surface area (Å²) in [6.45, 7) is 5.79. The second-order valence-electron chi connectivity index (χ2n) is 3.33. The van der Waals surface area contributed by atoms with Crippen LogP contribution in [0.15, 0.2) is 0 Å². The van der Waals surface area contributed by atoms with Gasteiger partial charge in [-0.2, -0.15) is 0 Å². The Balaban J connectivity index is 2.36. The molecule has 0 bridgehead atoms. The first-order chi connectivity index (χ1) is 6.67. The summed E-state index contributed by atoms with van der Waals surface area (Å²) in [4.78, 5) is 24.1. The minimum absolute atomic E-state index is 0.00912. The minimum Gasteiger partial charge on any atom is -0.354 e. The van der Waals surface area contributed by atoms with E-state index in [0.717, 1.165) is 0 Å². The molecule has 3 amide bonds. The molecule has 0 aliphatic carbocycles. The SMILES string of the molecule is CCN(CC)C(=O)NC1CNC(=O)C1. The van der Waals surface area contributed by atoms with E-state index < -0.39 is 0 Å². The number of rotatable bonds is 3. The number of hydrogen-bond acceptors (Lipinski definition) is 2. The summed E-state index contributed by atoms with van der Waals surface area (Å²) in [6, 6.07) is -0.132. The van der Waals surface area contributed by atoms with Gasteiger partial charge in [0.25, 0.3) is 0 Å². The fourth-order valence-corrected chi connectivity index (χ4v) is 1.48. The molecule has 1 saturated heterocycles. The van der Waals surface area contributed by atoms with Crippen LogP contribution in [0.2, 0.25) is 0 Å². The van der Waals surface area contributed by atoms with Gasteiger partial charge in [-0.3, -0.25) is 4.79 Å². The molecule has 1 unspecified atom stereocenters. The van der Waals surface area contributed by atoms with Gasteiger partial charge in [0.1, 0.15) is 0 Å². The van der Waals surface area contributed by atoms with Crippen LogP contribution in [0.5, 0.6) is 0 Å². The second-order valence-corrected chi connectivity index (χ2v) is 3.33. The summed E-state index contributed by atoms with van der Waals surface area (Å²) in [7, 11) is 0. The predicted molar refractivity (Wildman–Crippen MR) is 52.9 cm³/mol. The van der Waals surface area contributed by atoms with E-state index in [1.54, 1.807) is 4.90 Å². The molecule has 0 radical (unpaired) electrons. The van der Waals surface area contributed by atoms with Gasteiger partial charge in [-0.05, 0) is 13.8 Å². The topological polar surface area (TPSA) is 61.4 Å². The van der Waals surface area contributed by atoms with Crippen molar-refractivity contribution in [1.82, 2.24) is 15.5 Å². The Bertz CT molecular complexity index is 226. The van der Waals surface area contributed by atoms with E-state index in [-0.39, 0.29) is 18.0 Å². The van der Waals surface area contributed by atoms with E-state index in [9.17, 15) is 9.59 Å². The average Bonchev–Trinajstić information content (AvgIpc) is 2.53. The number of nitrogens with one attached hydrogen (secondary N) is 2. The quantitative estimate of drug-likeness (QED) is 0.668. The highest BCUT2D eigenvalue weighted by Crippen LogP contribution is 2.00. The molecule has 1 heterocycles. The molecular formula is C9H17N3O2. The summed E-state index contributed by atoms with van der Waals surface area (Å²) in [5, 5.41) is 5.49. The second kappa shape index (κ2) is 4.83. The Morgan fingerprint density at radius 2 is 2.21 bits per heavy atom. The highest BCUT2D eigenvalue weighted by molar-refractivity contribution is 5.81. The standard InChI is InChI=1S/C9H17N3O2/c1-3-12(4-2)9(14)11-7-5-8(13)10-6-7/h7H,3-6H2,1-2H3,(H,10,13)(H,11,14). The first-order valence-electron chi connectivity index (χ1n) is 4.99. The first-order valence-corrected chi connectivity index (χ1v) is 4.99. The number of urea groups is 1. The van der Waals surface area contributed by atoms with E-state index in [1.165, 1.54) is 0 Å². The maximum absolute atomic E-state index is 11.5. The van der Waals surface area contributed by atoms with E-state index in [1.807, 2.05) is 13.8 Å². The molecule has 0 aromatic carbocycles. The lowest BCUT2D eigenvalue weighted by Crippen LogP contribution is -2.45. The lowest BCUT2D eigenvalue weighted by atomic mass is 10.2. The molecule has 1 rings (SSSR count). The summed E-state index contributed by atoms with van der Waals surface area (Å²) in [5.74, 6) is 0.00912. The third kappa shape index (κ3) is 2.61. The fraction of sp³-hybridized carbons (Fsp3) is 0.778. The zero-order valence-corrected chi connectivity index (χ0v) is 8.67. The minimum atomic E-state index is -0.0866. The van der Waals surface area contributed by atoms with Crippen LogP contribution in [0.1, 0.15) is 20.3 Å². The van der Waals surface area contributed by atoms with Crippen LogP contribution in [0.4, 0.5) is 4.79 Å². The third-order valence-corrected chi connectivity index (χ3v) is 2.36. The van der Waals surface area contributed by atoms with Gasteiger partial charge in [0.2, 0.25) is 5.91 Å². The van der Waals surface area contributed by atoms with Gasteiger partial charge in [-0.1, -0.05) is 0 Å². The Morgan fingerprint density at radius 1 is 1.57 bits per heavy atom. The Hall–Kier alpha value is -1.26. The molecule has 5 nitrogen and oxygen atoms in total. The predicted octanol–water partition coefficient (Wildman–Crippen LogP) is -0.0737. The van der Waals surface area contributed by atoms with Crippen LogP contribution in [0.3, 0.4) is 0 Å². The molecule has 0 aromatic rings. The van der Waals surface area contributed by atoms with Crippen molar-refractivity contribution in [3.8, 4) is 0 Å². The molecule has 80 valence electrons. The maximum atomic E-state index is 11.5. The summed E-state index contributed by atoms with van der Waals surface area (Å²) < 4.78 is 0. The number of carbonyl (C=O) groups is 2. The lowest BCUT2D eigenvalue weighted by Gasteiger charge is -2.21. The van der Waals surface area contributed by atoms with Crippen molar-refractivity contribution in [2.75, 3.05) is 19.6 Å². The summed E-state index contributed by atoms with van der Waals surface area (Å²) >= 11 is 0. The monoisotopic (exact) mass is 199 g/mol. The number of amides is 3. The number of nitrogens with zero attached hydrogens (tertiary/aromatic N) is 1. The molecule has 2 N–H and O–H groups in total. The molecule has 1 aliphatic rings. The van der Waals surface area contributed by atoms with Gasteiger partial charge in [0.05, 0.1) is 6.04 Å². The molecule has 0 saturated carbocycles. The first kappa shape index (κ1) is 10.8. The smallest absolute Gasteiger partial charge is 0.317 e. The number of hydrogen-bond donors (Lipinski definition) is 2. The highest BCUT2D eigenvalue weighted by atomic mass is 16.2. The van der Waals surface area contributed by atoms with Crippen LogP contribution < -0.4 is 10.6 Å². The van der Waals surface area contributed by atoms with Gasteiger partial charge >= 0.3 is 6.03 Å². The van der Waals surface area contributed by atoms with Gasteiger partial charge in [0, 0.05) is 26.1 Å². The van der Waals surface area contributed by atoms with E-state index in [0.29, 0.717) is 26.1 Å². The number of carbonyl (C=O) groups excluding carboxylic acids is 2. The van der Waals surface area contributed by atoms with Crippen LogP contribution in [0, 0.1) is 0 Å². The zero-order valence-electron chi connectivity index (χ0n) is 8.67. The third-order valence-electron chi connectivity index (χ3n) is 2.36. The Kier molecular flexibility index (Phi) is 3.73. The van der Waals surface area contributed by atoms with Crippen molar-refractivity contribution >= 4 is 11.9 Å². The normalized spacial score (nSPS) is 20.4. The van der Waals surface area contributed by atoms with Gasteiger partial charge in [-0.15, -0.1) is 0 Å². The molecule has 14 heavy (non-hydrogen) atoms. The fourth-order valence-electron chi connectivity index (χ4n) is 1.48. The summed E-state index contributed by atoms with van der Waals surface area (Å²) in [5.41, 5.74) is 0. The molecule has 0 aromatic heterocycles. The summed E-state index contributed by atoms with van der Waals surface area (Å²) in [6.07, 6.45) is 0.396. The van der Waals surface area contributed by atoms with Crippen molar-refractivity contribution in [2.45, 2.75) is 26.3 Å². The molecule has 5 heteroatoms. The maximum Gasteiger partial charge on any atom is 0.317 e. The van der Waals surface area contributed by atoms with Gasteiger partial charge < -0.3 is 15.5 Å². The van der Waals surface area contributed by atoms with E-state index in [2.05, 4.69) is 10.6 Å². The lowest BCUT2D eigenvalue weighted by molar-refractivity contribution is -0.119. The average molecular weight is 199 g/mol. The van der Waals surface area contributed by atoms with Crippen LogP contribution >= 0.6 is 0 Å². The highest BCUT2D eigenvalue weighted by Gasteiger charge is 2.23. The Labute approximate surface area is 83.8 Å². The van der Waals surface area contributed by atoms with E-state index in [4.69, 9.17) is 0 Å². The Morgan fingerprint density at radius 3 is 2.64 bits per heavy atom. The molecule has 0 spiro atoms. The largest absolute Gasteiger partial charge is 0.354 e. The van der Waals surface area contributed by atoms with Crippen LogP contribution in [0.25, 0.3) is 0 Å². The van der Waals surface area contributed by atoms with Crippen molar-refractivity contribution in [1.29, 1.82) is 0 Å². The van der Waals surface area contributed by atoms with Crippen LogP contribution in [-0.2, 0) is 4.79 Å². The van der Waals surface area contributed by atoms with Gasteiger partial charge in [-0.25, -0.2) is 4.79 Å². The van der Waals surface area contributed by atoms with Gasteiger partial charge in [0.15, 0.2) is 0 Å².